The molecule has 3 rings (SSSR count). The fourth-order valence-electron chi connectivity index (χ4n) is 3.37. The molecule has 2 N–H and O–H groups in total. The van der Waals surface area contributed by atoms with Gasteiger partial charge in [-0.25, -0.2) is 4.99 Å². The number of para-hydroxylation sites is 1. The molecular weight excluding hydrogens is 509 g/mol. The number of anilines is 1. The summed E-state index contributed by atoms with van der Waals surface area (Å²) in [4.78, 5) is 24.0. The van der Waals surface area contributed by atoms with E-state index in [2.05, 4.69) is 63.8 Å². The van der Waals surface area contributed by atoms with Gasteiger partial charge in [0.25, 0.3) is 0 Å². The first-order valence-corrected chi connectivity index (χ1v) is 11.1. The molecule has 0 bridgehead atoms. The zero-order chi connectivity index (χ0) is 20.5. The van der Waals surface area contributed by atoms with E-state index in [1.54, 1.807) is 11.3 Å². The average molecular weight is 542 g/mol. The Morgan fingerprint density at radius 3 is 2.43 bits per heavy atom. The van der Waals surface area contributed by atoms with Gasteiger partial charge in [-0.2, -0.15) is 0 Å². The molecule has 2 heterocycles. The third-order valence-corrected chi connectivity index (χ3v) is 5.90. The maximum atomic E-state index is 12.6. The monoisotopic (exact) mass is 541 g/mol. The number of benzene rings is 1. The largest absolute Gasteiger partial charge is 0.368 e. The number of thiophene rings is 1. The number of carbonyl (C=O) groups excluding carboxylic acids is 1. The molecule has 0 unspecified atom stereocenters. The van der Waals surface area contributed by atoms with Gasteiger partial charge in [-0.1, -0.05) is 18.2 Å². The van der Waals surface area contributed by atoms with Crippen LogP contribution < -0.4 is 15.5 Å². The number of nitrogens with zero attached hydrogens (tertiary/aromatic N) is 3. The van der Waals surface area contributed by atoms with Crippen LogP contribution in [0.3, 0.4) is 0 Å². The Morgan fingerprint density at radius 2 is 1.80 bits per heavy atom. The van der Waals surface area contributed by atoms with Crippen molar-refractivity contribution in [2.45, 2.75) is 26.8 Å². The Labute approximate surface area is 200 Å². The van der Waals surface area contributed by atoms with Gasteiger partial charge in [0, 0.05) is 61.1 Å². The minimum atomic E-state index is 0. The fourth-order valence-corrected chi connectivity index (χ4v) is 4.18. The number of halogens is 1. The standard InChI is InChI=1S/C22H31N5OS.HI/c1-3-23-22(25-17-20-10-9-18(2)29-20)24-12-11-21(28)27-15-13-26(14-16-27)19-7-5-4-6-8-19;/h4-10H,3,11-17H2,1-2H3,(H2,23,24,25);1H. The zero-order valence-corrected chi connectivity index (χ0v) is 20.9. The number of aliphatic imine (C=N–C) groups is 1. The van der Waals surface area contributed by atoms with Crippen LogP contribution in [0.5, 0.6) is 0 Å². The van der Waals surface area contributed by atoms with E-state index in [4.69, 9.17) is 0 Å². The first-order valence-electron chi connectivity index (χ1n) is 10.3. The molecule has 0 radical (unpaired) electrons. The van der Waals surface area contributed by atoms with Crippen molar-refractivity contribution >= 4 is 52.9 Å². The summed E-state index contributed by atoms with van der Waals surface area (Å²) in [5, 5.41) is 6.54. The molecule has 8 heteroatoms. The quantitative estimate of drug-likeness (QED) is 0.320. The van der Waals surface area contributed by atoms with Crippen molar-refractivity contribution in [2.24, 2.45) is 4.99 Å². The third kappa shape index (κ3) is 7.46. The maximum Gasteiger partial charge on any atom is 0.224 e. The van der Waals surface area contributed by atoms with Crippen molar-refractivity contribution in [1.29, 1.82) is 0 Å². The van der Waals surface area contributed by atoms with Gasteiger partial charge in [0.1, 0.15) is 0 Å². The summed E-state index contributed by atoms with van der Waals surface area (Å²) in [7, 11) is 0. The van der Waals surface area contributed by atoms with E-state index in [1.165, 1.54) is 15.4 Å². The molecule has 6 nitrogen and oxygen atoms in total. The fraction of sp³-hybridized carbons (Fsp3) is 0.455. The number of hydrogen-bond donors (Lipinski definition) is 2. The minimum Gasteiger partial charge on any atom is -0.368 e. The molecule has 0 spiro atoms. The Balaban J connectivity index is 0.00000320. The summed E-state index contributed by atoms with van der Waals surface area (Å²) in [5.74, 6) is 0.968. The van der Waals surface area contributed by atoms with E-state index in [0.717, 1.165) is 38.7 Å². The molecular formula is C22H32IN5OS. The van der Waals surface area contributed by atoms with Gasteiger partial charge in [0.15, 0.2) is 5.96 Å². The zero-order valence-electron chi connectivity index (χ0n) is 17.8. The van der Waals surface area contributed by atoms with Crippen LogP contribution >= 0.6 is 35.3 Å². The van der Waals surface area contributed by atoms with Gasteiger partial charge < -0.3 is 20.4 Å². The Kier molecular flexibility index (Phi) is 10.4. The van der Waals surface area contributed by atoms with Crippen LogP contribution in [0, 0.1) is 6.92 Å². The number of carbonyl (C=O) groups is 1. The van der Waals surface area contributed by atoms with Crippen LogP contribution in [0.2, 0.25) is 0 Å². The summed E-state index contributed by atoms with van der Waals surface area (Å²) in [6.07, 6.45) is 0.480. The van der Waals surface area contributed by atoms with Gasteiger partial charge in [-0.15, -0.1) is 35.3 Å². The number of piperazine rings is 1. The van der Waals surface area contributed by atoms with Gasteiger partial charge in [-0.3, -0.25) is 4.79 Å². The topological polar surface area (TPSA) is 60.0 Å². The molecule has 1 saturated heterocycles. The second-order valence-electron chi connectivity index (χ2n) is 7.09. The number of nitrogens with one attached hydrogen (secondary N) is 2. The highest BCUT2D eigenvalue weighted by atomic mass is 127. The smallest absolute Gasteiger partial charge is 0.224 e. The van der Waals surface area contributed by atoms with Gasteiger partial charge in [0.2, 0.25) is 5.91 Å². The van der Waals surface area contributed by atoms with Crippen molar-refractivity contribution in [3.05, 3.63) is 52.2 Å². The van der Waals surface area contributed by atoms with Crippen LogP contribution in [0.1, 0.15) is 23.1 Å². The number of rotatable bonds is 7. The Morgan fingerprint density at radius 1 is 1.07 bits per heavy atom. The van der Waals surface area contributed by atoms with E-state index in [0.29, 0.717) is 19.5 Å². The van der Waals surface area contributed by atoms with Gasteiger partial charge >= 0.3 is 0 Å². The first kappa shape index (κ1) is 24.5. The average Bonchev–Trinajstić information content (AvgIpc) is 3.18. The molecule has 2 aromatic rings. The molecule has 1 aromatic carbocycles. The molecule has 0 saturated carbocycles. The second kappa shape index (κ2) is 12.8. The highest BCUT2D eigenvalue weighted by molar-refractivity contribution is 14.0. The van der Waals surface area contributed by atoms with Gasteiger partial charge in [-0.05, 0) is 38.1 Å². The highest BCUT2D eigenvalue weighted by Crippen LogP contribution is 2.16. The maximum absolute atomic E-state index is 12.6. The van der Waals surface area contributed by atoms with E-state index in [-0.39, 0.29) is 29.9 Å². The molecule has 30 heavy (non-hydrogen) atoms. The second-order valence-corrected chi connectivity index (χ2v) is 8.46. The van der Waals surface area contributed by atoms with E-state index >= 15 is 0 Å². The van der Waals surface area contributed by atoms with Gasteiger partial charge in [0.05, 0.1) is 6.54 Å². The summed E-state index contributed by atoms with van der Waals surface area (Å²) in [6.45, 7) is 9.51. The first-order chi connectivity index (χ1) is 14.2. The molecule has 1 amide bonds. The number of hydrogen-bond acceptors (Lipinski definition) is 4. The Bertz CT molecular complexity index is 803. The summed E-state index contributed by atoms with van der Waals surface area (Å²) >= 11 is 1.77. The number of amides is 1. The van der Waals surface area contributed by atoms with Crippen LogP contribution in [-0.4, -0.2) is 56.0 Å². The summed E-state index contributed by atoms with van der Waals surface area (Å²) in [6, 6.07) is 14.6. The predicted molar refractivity (Wildman–Crippen MR) is 137 cm³/mol. The predicted octanol–water partition coefficient (Wildman–Crippen LogP) is 3.47. The summed E-state index contributed by atoms with van der Waals surface area (Å²) < 4.78 is 0. The van der Waals surface area contributed by atoms with Crippen molar-refractivity contribution < 1.29 is 4.79 Å². The van der Waals surface area contributed by atoms with Crippen molar-refractivity contribution in [1.82, 2.24) is 15.5 Å². The Hall–Kier alpha value is -1.81. The van der Waals surface area contributed by atoms with Crippen molar-refractivity contribution in [3.8, 4) is 0 Å². The van der Waals surface area contributed by atoms with Crippen LogP contribution in [0.4, 0.5) is 5.69 Å². The highest BCUT2D eigenvalue weighted by Gasteiger charge is 2.20. The SMILES string of the molecule is CCNC(=NCc1ccc(C)s1)NCCC(=O)N1CCN(c2ccccc2)CC1.I. The normalized spacial score (nSPS) is 14.3. The van der Waals surface area contributed by atoms with E-state index < -0.39 is 0 Å². The van der Waals surface area contributed by atoms with Crippen molar-refractivity contribution in [3.63, 3.8) is 0 Å². The molecule has 1 aliphatic heterocycles. The number of guanidine groups is 1. The van der Waals surface area contributed by atoms with Crippen LogP contribution in [-0.2, 0) is 11.3 Å². The van der Waals surface area contributed by atoms with E-state index in [9.17, 15) is 4.79 Å². The third-order valence-electron chi connectivity index (χ3n) is 4.92. The number of aryl methyl sites for hydroxylation is 1. The molecule has 0 atom stereocenters. The van der Waals surface area contributed by atoms with Crippen LogP contribution in [0.15, 0.2) is 47.5 Å². The summed E-state index contributed by atoms with van der Waals surface area (Å²) in [5.41, 5.74) is 1.23. The molecule has 0 aliphatic carbocycles. The lowest BCUT2D eigenvalue weighted by atomic mass is 10.2. The lowest BCUT2D eigenvalue weighted by molar-refractivity contribution is -0.131. The molecule has 1 aromatic heterocycles. The van der Waals surface area contributed by atoms with Crippen molar-refractivity contribution in [2.75, 3.05) is 44.2 Å². The molecule has 164 valence electrons. The van der Waals surface area contributed by atoms with Crippen LogP contribution in [0.25, 0.3) is 0 Å². The molecule has 1 aliphatic rings. The molecule has 1 fully saturated rings. The lowest BCUT2D eigenvalue weighted by Gasteiger charge is -2.36. The lowest BCUT2D eigenvalue weighted by Crippen LogP contribution is -2.49. The van der Waals surface area contributed by atoms with E-state index in [1.807, 2.05) is 17.9 Å². The minimum absolute atomic E-state index is 0.